The Bertz CT molecular complexity index is 452. The molecule has 7 heteroatoms. The average Bonchev–Trinajstić information content (AvgIpc) is 2.86. The van der Waals surface area contributed by atoms with Gasteiger partial charge in [-0.3, -0.25) is 4.79 Å². The lowest BCUT2D eigenvalue weighted by molar-refractivity contribution is 0.0972. The Kier molecular flexibility index (Phi) is 6.13. The predicted octanol–water partition coefficient (Wildman–Crippen LogP) is 1.30. The number of nitrogens with zero attached hydrogens (tertiary/aromatic N) is 2. The molecule has 1 amide bonds. The third-order valence-electron chi connectivity index (χ3n) is 2.98. The number of hydrogen-bond donors (Lipinski definition) is 2. The van der Waals surface area contributed by atoms with Crippen molar-refractivity contribution in [2.75, 3.05) is 13.1 Å². The standard InChI is InChI=1S/C12H18N4O2.HI/c13-11(17)10-5-4-9(18-10)8-15-12(14)16-6-2-1-3-7-16;/h4-5H,1-3,6-8H2,(H2,13,17)(H2,14,15);1H. The van der Waals surface area contributed by atoms with Gasteiger partial charge >= 0.3 is 0 Å². The van der Waals surface area contributed by atoms with Crippen LogP contribution in [0.1, 0.15) is 35.6 Å². The third kappa shape index (κ3) is 4.41. The molecule has 1 fully saturated rings. The number of primary amides is 1. The van der Waals surface area contributed by atoms with Crippen molar-refractivity contribution in [2.24, 2.45) is 16.5 Å². The number of halogens is 1. The van der Waals surface area contributed by atoms with Crippen molar-refractivity contribution in [3.63, 3.8) is 0 Å². The van der Waals surface area contributed by atoms with E-state index in [2.05, 4.69) is 9.89 Å². The van der Waals surface area contributed by atoms with Crippen LogP contribution >= 0.6 is 24.0 Å². The summed E-state index contributed by atoms with van der Waals surface area (Å²) >= 11 is 0. The van der Waals surface area contributed by atoms with E-state index in [-0.39, 0.29) is 29.7 Å². The number of guanidine groups is 1. The van der Waals surface area contributed by atoms with Crippen molar-refractivity contribution in [3.05, 3.63) is 23.7 Å². The zero-order chi connectivity index (χ0) is 13.0. The zero-order valence-corrected chi connectivity index (χ0v) is 13.0. The maximum Gasteiger partial charge on any atom is 0.284 e. The molecule has 19 heavy (non-hydrogen) atoms. The van der Waals surface area contributed by atoms with Crippen LogP contribution in [-0.4, -0.2) is 29.9 Å². The highest BCUT2D eigenvalue weighted by Gasteiger charge is 2.12. The number of nitrogens with two attached hydrogens (primary N) is 2. The Morgan fingerprint density at radius 2 is 1.95 bits per heavy atom. The highest BCUT2D eigenvalue weighted by Crippen LogP contribution is 2.10. The fourth-order valence-corrected chi connectivity index (χ4v) is 1.98. The molecule has 1 aromatic rings. The Morgan fingerprint density at radius 3 is 2.53 bits per heavy atom. The Balaban J connectivity index is 0.00000180. The molecule has 1 aliphatic rings. The first-order chi connectivity index (χ1) is 8.66. The van der Waals surface area contributed by atoms with Crippen molar-refractivity contribution in [3.8, 4) is 0 Å². The summed E-state index contributed by atoms with van der Waals surface area (Å²) in [6.07, 6.45) is 3.57. The van der Waals surface area contributed by atoms with E-state index in [4.69, 9.17) is 15.9 Å². The van der Waals surface area contributed by atoms with E-state index in [0.29, 0.717) is 18.3 Å². The summed E-state index contributed by atoms with van der Waals surface area (Å²) in [5.74, 6) is 0.696. The Hall–Kier alpha value is -1.25. The van der Waals surface area contributed by atoms with Crippen molar-refractivity contribution < 1.29 is 9.21 Å². The largest absolute Gasteiger partial charge is 0.454 e. The van der Waals surface area contributed by atoms with E-state index in [0.717, 1.165) is 25.9 Å². The lowest BCUT2D eigenvalue weighted by Gasteiger charge is -2.27. The number of aliphatic imine (C=N–C) groups is 1. The molecule has 6 nitrogen and oxygen atoms in total. The Labute approximate surface area is 129 Å². The lowest BCUT2D eigenvalue weighted by atomic mass is 10.1. The summed E-state index contributed by atoms with van der Waals surface area (Å²) < 4.78 is 5.23. The highest BCUT2D eigenvalue weighted by atomic mass is 127. The van der Waals surface area contributed by atoms with Crippen LogP contribution in [0.5, 0.6) is 0 Å². The number of furan rings is 1. The normalized spacial score (nSPS) is 16.0. The average molecular weight is 378 g/mol. The van der Waals surface area contributed by atoms with Crippen molar-refractivity contribution in [1.82, 2.24) is 4.90 Å². The first kappa shape index (κ1) is 15.8. The van der Waals surface area contributed by atoms with Gasteiger partial charge in [-0.15, -0.1) is 24.0 Å². The van der Waals surface area contributed by atoms with Crippen LogP contribution in [0, 0.1) is 0 Å². The van der Waals surface area contributed by atoms with Crippen molar-refractivity contribution in [1.29, 1.82) is 0 Å². The van der Waals surface area contributed by atoms with Crippen LogP contribution in [0.2, 0.25) is 0 Å². The molecular formula is C12H19IN4O2. The van der Waals surface area contributed by atoms with Gasteiger partial charge in [0.05, 0.1) is 0 Å². The lowest BCUT2D eigenvalue weighted by Crippen LogP contribution is -2.40. The molecule has 0 aliphatic carbocycles. The molecule has 2 heterocycles. The van der Waals surface area contributed by atoms with Crippen LogP contribution in [0.3, 0.4) is 0 Å². The molecule has 0 unspecified atom stereocenters. The topological polar surface area (TPSA) is 97.8 Å². The molecule has 1 saturated heterocycles. The van der Waals surface area contributed by atoms with Gasteiger partial charge in [-0.1, -0.05) is 0 Å². The van der Waals surface area contributed by atoms with Gasteiger partial charge < -0.3 is 20.8 Å². The van der Waals surface area contributed by atoms with E-state index in [1.807, 2.05) is 0 Å². The summed E-state index contributed by atoms with van der Waals surface area (Å²) in [5.41, 5.74) is 11.0. The maximum atomic E-state index is 10.9. The number of hydrogen-bond acceptors (Lipinski definition) is 3. The molecule has 4 N–H and O–H groups in total. The first-order valence-electron chi connectivity index (χ1n) is 6.10. The minimum Gasteiger partial charge on any atom is -0.454 e. The molecule has 1 aromatic heterocycles. The fourth-order valence-electron chi connectivity index (χ4n) is 1.98. The molecule has 0 bridgehead atoms. The third-order valence-corrected chi connectivity index (χ3v) is 2.98. The molecule has 0 radical (unpaired) electrons. The molecule has 1 aliphatic heterocycles. The molecule has 0 spiro atoms. The summed E-state index contributed by atoms with van der Waals surface area (Å²) in [4.78, 5) is 17.2. The molecule has 0 aromatic carbocycles. The number of piperidine rings is 1. The maximum absolute atomic E-state index is 10.9. The van der Waals surface area contributed by atoms with Gasteiger partial charge in [0, 0.05) is 13.1 Å². The summed E-state index contributed by atoms with van der Waals surface area (Å²) in [7, 11) is 0. The van der Waals surface area contributed by atoms with Gasteiger partial charge in [0.1, 0.15) is 12.3 Å². The fraction of sp³-hybridized carbons (Fsp3) is 0.500. The second-order valence-electron chi connectivity index (χ2n) is 4.35. The van der Waals surface area contributed by atoms with Crippen LogP contribution in [-0.2, 0) is 6.54 Å². The van der Waals surface area contributed by atoms with Gasteiger partial charge in [0.2, 0.25) is 0 Å². The van der Waals surface area contributed by atoms with Crippen molar-refractivity contribution >= 4 is 35.8 Å². The molecule has 2 rings (SSSR count). The minimum absolute atomic E-state index is 0. The zero-order valence-electron chi connectivity index (χ0n) is 10.7. The van der Waals surface area contributed by atoms with E-state index < -0.39 is 5.91 Å². The number of carbonyl (C=O) groups is 1. The summed E-state index contributed by atoms with van der Waals surface area (Å²) in [5, 5.41) is 0. The number of rotatable bonds is 3. The molecule has 0 saturated carbocycles. The second kappa shape index (κ2) is 7.37. The minimum atomic E-state index is -0.575. The van der Waals surface area contributed by atoms with Gasteiger partial charge in [0.15, 0.2) is 11.7 Å². The van der Waals surface area contributed by atoms with E-state index in [1.165, 1.54) is 6.42 Å². The van der Waals surface area contributed by atoms with E-state index in [1.54, 1.807) is 12.1 Å². The van der Waals surface area contributed by atoms with Gasteiger partial charge in [-0.2, -0.15) is 0 Å². The van der Waals surface area contributed by atoms with Crippen molar-refractivity contribution in [2.45, 2.75) is 25.8 Å². The molecule has 106 valence electrons. The highest BCUT2D eigenvalue weighted by molar-refractivity contribution is 14.0. The van der Waals surface area contributed by atoms with Crippen LogP contribution < -0.4 is 11.5 Å². The summed E-state index contributed by atoms with van der Waals surface area (Å²) in [6.45, 7) is 2.25. The van der Waals surface area contributed by atoms with Gasteiger partial charge in [-0.25, -0.2) is 4.99 Å². The summed E-state index contributed by atoms with van der Waals surface area (Å²) in [6, 6.07) is 3.23. The van der Waals surface area contributed by atoms with Crippen LogP contribution in [0.4, 0.5) is 0 Å². The predicted molar refractivity (Wildman–Crippen MR) is 83.4 cm³/mol. The SMILES string of the molecule is I.NC(=O)c1ccc(CN=C(N)N2CCCCC2)o1. The van der Waals surface area contributed by atoms with E-state index in [9.17, 15) is 4.79 Å². The van der Waals surface area contributed by atoms with Crippen LogP contribution in [0.25, 0.3) is 0 Å². The second-order valence-corrected chi connectivity index (χ2v) is 4.35. The molecule has 0 atom stereocenters. The molecular weight excluding hydrogens is 359 g/mol. The van der Waals surface area contributed by atoms with Crippen LogP contribution in [0.15, 0.2) is 21.5 Å². The Morgan fingerprint density at radius 1 is 1.26 bits per heavy atom. The first-order valence-corrected chi connectivity index (χ1v) is 6.10. The van der Waals surface area contributed by atoms with E-state index >= 15 is 0 Å². The van der Waals surface area contributed by atoms with Gasteiger partial charge in [-0.05, 0) is 31.4 Å². The number of likely N-dealkylation sites (tertiary alicyclic amines) is 1. The number of carbonyl (C=O) groups excluding carboxylic acids is 1. The smallest absolute Gasteiger partial charge is 0.284 e. The number of amides is 1. The quantitative estimate of drug-likeness (QED) is 0.471. The van der Waals surface area contributed by atoms with Gasteiger partial charge in [0.25, 0.3) is 5.91 Å². The monoisotopic (exact) mass is 378 g/mol.